The quantitative estimate of drug-likeness (QED) is 0.652. The summed E-state index contributed by atoms with van der Waals surface area (Å²) < 4.78 is 0. The fraction of sp³-hybridized carbons (Fsp3) is 0.500. The lowest BCUT2D eigenvalue weighted by Crippen LogP contribution is -2.44. The largest absolute Gasteiger partial charge is 0.356 e. The van der Waals surface area contributed by atoms with Gasteiger partial charge < -0.3 is 15.5 Å². The van der Waals surface area contributed by atoms with Crippen LogP contribution in [-0.2, 0) is 4.79 Å². The third-order valence-electron chi connectivity index (χ3n) is 5.95. The second-order valence-corrected chi connectivity index (χ2v) is 8.66. The van der Waals surface area contributed by atoms with E-state index in [1.165, 1.54) is 5.57 Å². The first-order valence-electron chi connectivity index (χ1n) is 10.8. The predicted octanol–water partition coefficient (Wildman–Crippen LogP) is 3.60. The van der Waals surface area contributed by atoms with E-state index in [0.717, 1.165) is 68.0 Å². The SMILES string of the molecule is C=C1C(c2ccc(Cl)cc2)=N[C@H](CC(=O)NCCCN2CCNCC2)CC(C)=C1C. The molecule has 1 atom stereocenters. The third-order valence-corrected chi connectivity index (χ3v) is 6.21. The Balaban J connectivity index is 1.59. The highest BCUT2D eigenvalue weighted by atomic mass is 35.5. The van der Waals surface area contributed by atoms with Crippen LogP contribution in [0.25, 0.3) is 0 Å². The highest BCUT2D eigenvalue weighted by Gasteiger charge is 2.22. The number of hydrogen-bond acceptors (Lipinski definition) is 4. The summed E-state index contributed by atoms with van der Waals surface area (Å²) in [5.74, 6) is 0.0671. The van der Waals surface area contributed by atoms with Crippen molar-refractivity contribution in [1.82, 2.24) is 15.5 Å². The number of rotatable bonds is 7. The number of nitrogens with one attached hydrogen (secondary N) is 2. The summed E-state index contributed by atoms with van der Waals surface area (Å²) in [5.41, 5.74) is 5.16. The summed E-state index contributed by atoms with van der Waals surface area (Å²) in [5, 5.41) is 7.14. The van der Waals surface area contributed by atoms with E-state index in [-0.39, 0.29) is 11.9 Å². The fourth-order valence-corrected chi connectivity index (χ4v) is 4.10. The molecule has 1 fully saturated rings. The number of allylic oxidation sites excluding steroid dienone is 2. The Hall–Kier alpha value is -1.95. The van der Waals surface area contributed by atoms with Crippen LogP contribution in [0.3, 0.4) is 0 Å². The van der Waals surface area contributed by atoms with Gasteiger partial charge in [-0.05, 0) is 56.5 Å². The number of nitrogens with zero attached hydrogens (tertiary/aromatic N) is 2. The first kappa shape index (κ1) is 22.7. The predicted molar refractivity (Wildman–Crippen MR) is 125 cm³/mol. The van der Waals surface area contributed by atoms with Gasteiger partial charge >= 0.3 is 0 Å². The molecule has 2 N–H and O–H groups in total. The molecule has 1 saturated heterocycles. The molecule has 1 aromatic carbocycles. The molecule has 0 unspecified atom stereocenters. The van der Waals surface area contributed by atoms with Gasteiger partial charge in [0.05, 0.1) is 11.8 Å². The fourth-order valence-electron chi connectivity index (χ4n) is 3.97. The van der Waals surface area contributed by atoms with Crippen LogP contribution >= 0.6 is 11.6 Å². The number of carbonyl (C=O) groups excluding carboxylic acids is 1. The summed E-state index contributed by atoms with van der Waals surface area (Å²) in [7, 11) is 0. The highest BCUT2D eigenvalue weighted by Crippen LogP contribution is 2.28. The first-order valence-corrected chi connectivity index (χ1v) is 11.2. The molecule has 3 rings (SSSR count). The van der Waals surface area contributed by atoms with Crippen molar-refractivity contribution in [2.45, 2.75) is 39.2 Å². The molecular weight excluding hydrogens is 396 g/mol. The molecule has 0 saturated carbocycles. The van der Waals surface area contributed by atoms with E-state index >= 15 is 0 Å². The second kappa shape index (κ2) is 10.9. The van der Waals surface area contributed by atoms with E-state index in [9.17, 15) is 4.79 Å². The van der Waals surface area contributed by atoms with E-state index in [4.69, 9.17) is 16.6 Å². The Labute approximate surface area is 185 Å². The molecule has 2 aliphatic heterocycles. The van der Waals surface area contributed by atoms with Crippen LogP contribution < -0.4 is 10.6 Å². The van der Waals surface area contributed by atoms with Crippen molar-refractivity contribution in [3.63, 3.8) is 0 Å². The summed E-state index contributed by atoms with van der Waals surface area (Å²) in [6.45, 7) is 14.5. The van der Waals surface area contributed by atoms with Gasteiger partial charge in [-0.2, -0.15) is 0 Å². The maximum Gasteiger partial charge on any atom is 0.222 e. The molecule has 0 aliphatic carbocycles. The molecule has 6 heteroatoms. The molecule has 162 valence electrons. The van der Waals surface area contributed by atoms with Crippen LogP contribution in [0.5, 0.6) is 0 Å². The monoisotopic (exact) mass is 428 g/mol. The van der Waals surface area contributed by atoms with E-state index in [1.54, 1.807) is 0 Å². The van der Waals surface area contributed by atoms with Gasteiger partial charge in [0.15, 0.2) is 0 Å². The molecule has 5 nitrogen and oxygen atoms in total. The van der Waals surface area contributed by atoms with Crippen molar-refractivity contribution in [3.05, 3.63) is 58.1 Å². The summed E-state index contributed by atoms with van der Waals surface area (Å²) in [4.78, 5) is 20.0. The highest BCUT2D eigenvalue weighted by molar-refractivity contribution is 6.30. The van der Waals surface area contributed by atoms with Crippen LogP contribution in [0.2, 0.25) is 5.02 Å². The van der Waals surface area contributed by atoms with E-state index in [2.05, 4.69) is 36.0 Å². The molecule has 0 bridgehead atoms. The van der Waals surface area contributed by atoms with Gasteiger partial charge in [0.25, 0.3) is 0 Å². The number of carbonyl (C=O) groups is 1. The van der Waals surface area contributed by atoms with E-state index in [0.29, 0.717) is 18.0 Å². The van der Waals surface area contributed by atoms with E-state index in [1.807, 2.05) is 24.3 Å². The minimum absolute atomic E-state index is 0.0671. The van der Waals surface area contributed by atoms with Gasteiger partial charge in [-0.3, -0.25) is 9.79 Å². The molecular formula is C24H33ClN4O. The van der Waals surface area contributed by atoms with E-state index < -0.39 is 0 Å². The standard InChI is InChI=1S/C24H33ClN4O/c1-17-15-22(16-23(30)27-9-4-12-29-13-10-26-11-14-29)28-24(19(3)18(17)2)20-5-7-21(25)8-6-20/h5-8,22,26H,3-4,9-16H2,1-2H3,(H,27,30)/t22-/m0/s1. The Kier molecular flexibility index (Phi) is 8.25. The Morgan fingerprint density at radius 3 is 2.67 bits per heavy atom. The van der Waals surface area contributed by atoms with Crippen molar-refractivity contribution in [3.8, 4) is 0 Å². The Morgan fingerprint density at radius 1 is 1.27 bits per heavy atom. The molecule has 2 heterocycles. The normalized spacial score (nSPS) is 20.7. The summed E-state index contributed by atoms with van der Waals surface area (Å²) >= 11 is 6.05. The maximum atomic E-state index is 12.6. The lowest BCUT2D eigenvalue weighted by Gasteiger charge is -2.27. The lowest BCUT2D eigenvalue weighted by molar-refractivity contribution is -0.121. The number of aliphatic imine (C=N–C) groups is 1. The molecule has 0 spiro atoms. The number of halogens is 1. The van der Waals surface area contributed by atoms with Gasteiger partial charge in [-0.1, -0.05) is 35.9 Å². The van der Waals surface area contributed by atoms with Crippen molar-refractivity contribution in [2.75, 3.05) is 39.3 Å². The second-order valence-electron chi connectivity index (χ2n) is 8.23. The van der Waals surface area contributed by atoms with Crippen LogP contribution in [-0.4, -0.2) is 61.8 Å². The Morgan fingerprint density at radius 2 is 1.97 bits per heavy atom. The zero-order valence-corrected chi connectivity index (χ0v) is 18.9. The average Bonchev–Trinajstić information content (AvgIpc) is 2.84. The van der Waals surface area contributed by atoms with Gasteiger partial charge in [0, 0.05) is 49.7 Å². The Bertz CT molecular complexity index is 822. The van der Waals surface area contributed by atoms with Gasteiger partial charge in [0.2, 0.25) is 5.91 Å². The van der Waals surface area contributed by atoms with Crippen molar-refractivity contribution >= 4 is 23.2 Å². The topological polar surface area (TPSA) is 56.7 Å². The number of benzene rings is 1. The minimum atomic E-state index is -0.0851. The first-order chi connectivity index (χ1) is 14.4. The molecule has 0 aromatic heterocycles. The van der Waals surface area contributed by atoms with Gasteiger partial charge in [-0.15, -0.1) is 0 Å². The lowest BCUT2D eigenvalue weighted by atomic mass is 9.95. The zero-order chi connectivity index (χ0) is 21.5. The van der Waals surface area contributed by atoms with Gasteiger partial charge in [0.1, 0.15) is 0 Å². The van der Waals surface area contributed by atoms with Crippen LogP contribution in [0.15, 0.2) is 52.6 Å². The summed E-state index contributed by atoms with van der Waals surface area (Å²) in [6.07, 6.45) is 2.14. The number of piperazine rings is 1. The average molecular weight is 429 g/mol. The van der Waals surface area contributed by atoms with Crippen molar-refractivity contribution < 1.29 is 4.79 Å². The zero-order valence-electron chi connectivity index (χ0n) is 18.1. The molecule has 1 aromatic rings. The van der Waals surface area contributed by atoms with Crippen LogP contribution in [0.1, 0.15) is 38.7 Å². The third kappa shape index (κ3) is 6.27. The van der Waals surface area contributed by atoms with Crippen LogP contribution in [0.4, 0.5) is 0 Å². The molecule has 30 heavy (non-hydrogen) atoms. The summed E-state index contributed by atoms with van der Waals surface area (Å²) in [6, 6.07) is 7.58. The smallest absolute Gasteiger partial charge is 0.222 e. The number of hydrogen-bond donors (Lipinski definition) is 2. The minimum Gasteiger partial charge on any atom is -0.356 e. The van der Waals surface area contributed by atoms with Crippen molar-refractivity contribution in [1.29, 1.82) is 0 Å². The number of amides is 1. The van der Waals surface area contributed by atoms with Gasteiger partial charge in [-0.25, -0.2) is 0 Å². The molecule has 2 aliphatic rings. The van der Waals surface area contributed by atoms with Crippen molar-refractivity contribution in [2.24, 2.45) is 4.99 Å². The van der Waals surface area contributed by atoms with Crippen LogP contribution in [0, 0.1) is 0 Å². The molecule has 1 amide bonds. The maximum absolute atomic E-state index is 12.6. The molecule has 0 radical (unpaired) electrons.